The highest BCUT2D eigenvalue weighted by molar-refractivity contribution is 7.80. The molecule has 0 spiro atoms. The van der Waals surface area contributed by atoms with E-state index >= 15 is 0 Å². The van der Waals surface area contributed by atoms with E-state index in [-0.39, 0.29) is 10.1 Å². The molecule has 0 unspecified atom stereocenters. The molecule has 0 saturated carbocycles. The zero-order chi connectivity index (χ0) is 10.6. The second-order valence-electron chi connectivity index (χ2n) is 2.03. The fraction of sp³-hybridized carbons (Fsp3) is 0. The van der Waals surface area contributed by atoms with Crippen LogP contribution in [0.4, 0.5) is 5.00 Å². The van der Waals surface area contributed by atoms with E-state index in [0.717, 1.165) is 17.5 Å². The number of nitrogens with zero attached hydrogens (tertiary/aromatic N) is 3. The van der Waals surface area contributed by atoms with E-state index < -0.39 is 4.92 Å². The molecule has 0 aliphatic rings. The van der Waals surface area contributed by atoms with Crippen molar-refractivity contribution in [1.82, 2.24) is 10.4 Å². The zero-order valence-corrected chi connectivity index (χ0v) is 8.34. The summed E-state index contributed by atoms with van der Waals surface area (Å²) in [5.74, 6) is 0. The van der Waals surface area contributed by atoms with Crippen LogP contribution >= 0.6 is 23.6 Å². The van der Waals surface area contributed by atoms with Crippen LogP contribution in [0.25, 0.3) is 0 Å². The van der Waals surface area contributed by atoms with E-state index in [1.54, 1.807) is 0 Å². The summed E-state index contributed by atoms with van der Waals surface area (Å²) in [6, 6.07) is 0. The van der Waals surface area contributed by atoms with Gasteiger partial charge < -0.3 is 5.73 Å². The van der Waals surface area contributed by atoms with Crippen LogP contribution in [0.3, 0.4) is 0 Å². The molecule has 0 amide bonds. The van der Waals surface area contributed by atoms with Crippen LogP contribution in [0.5, 0.6) is 0 Å². The molecular weight excluding hydrogens is 226 g/mol. The molecular formula is C5H5N5O2S2. The van der Waals surface area contributed by atoms with Crippen LogP contribution in [0.2, 0.25) is 0 Å². The van der Waals surface area contributed by atoms with E-state index in [1.807, 2.05) is 0 Å². The molecule has 0 aliphatic heterocycles. The van der Waals surface area contributed by atoms with Crippen molar-refractivity contribution < 1.29 is 4.92 Å². The summed E-state index contributed by atoms with van der Waals surface area (Å²) in [7, 11) is 0. The molecule has 0 bridgehead atoms. The largest absolute Gasteiger partial charge is 0.375 e. The second kappa shape index (κ2) is 4.58. The van der Waals surface area contributed by atoms with Crippen LogP contribution in [0.1, 0.15) is 5.01 Å². The maximum atomic E-state index is 10.3. The van der Waals surface area contributed by atoms with Crippen molar-refractivity contribution in [3.63, 3.8) is 0 Å². The monoisotopic (exact) mass is 231 g/mol. The highest BCUT2D eigenvalue weighted by atomic mass is 32.1. The lowest BCUT2D eigenvalue weighted by atomic mass is 10.8. The zero-order valence-electron chi connectivity index (χ0n) is 6.71. The molecule has 0 aliphatic carbocycles. The Morgan fingerprint density at radius 2 is 2.64 bits per heavy atom. The molecule has 0 aromatic carbocycles. The van der Waals surface area contributed by atoms with Gasteiger partial charge in [0.25, 0.3) is 0 Å². The number of thiocarbonyl (C=S) groups is 1. The van der Waals surface area contributed by atoms with Crippen LogP contribution in [0.15, 0.2) is 11.3 Å². The van der Waals surface area contributed by atoms with Crippen molar-refractivity contribution in [1.29, 1.82) is 0 Å². The smallest absolute Gasteiger partial charge is 0.344 e. The lowest BCUT2D eigenvalue weighted by molar-refractivity contribution is -0.380. The van der Waals surface area contributed by atoms with Gasteiger partial charge in [-0.3, -0.25) is 15.5 Å². The maximum absolute atomic E-state index is 10.3. The molecule has 0 atom stereocenters. The Balaban J connectivity index is 2.64. The van der Waals surface area contributed by atoms with Gasteiger partial charge in [-0.15, -0.1) is 0 Å². The average Bonchev–Trinajstić information content (AvgIpc) is 2.52. The fourth-order valence-corrected chi connectivity index (χ4v) is 1.23. The molecule has 0 radical (unpaired) electrons. The molecule has 7 nitrogen and oxygen atoms in total. The lowest BCUT2D eigenvalue weighted by Crippen LogP contribution is -2.23. The van der Waals surface area contributed by atoms with Gasteiger partial charge in [0.15, 0.2) is 5.11 Å². The summed E-state index contributed by atoms with van der Waals surface area (Å²) in [6.07, 6.45) is 2.46. The number of nitro groups is 1. The lowest BCUT2D eigenvalue weighted by Gasteiger charge is -1.90. The number of aromatic nitrogens is 1. The Labute approximate surface area is 87.8 Å². The minimum Gasteiger partial charge on any atom is -0.375 e. The van der Waals surface area contributed by atoms with Gasteiger partial charge in [0.05, 0.1) is 11.1 Å². The van der Waals surface area contributed by atoms with Crippen LogP contribution in [0, 0.1) is 10.1 Å². The van der Waals surface area contributed by atoms with Gasteiger partial charge in [-0.05, 0) is 23.6 Å². The van der Waals surface area contributed by atoms with E-state index in [4.69, 9.17) is 5.73 Å². The minimum atomic E-state index is -0.518. The third kappa shape index (κ3) is 3.03. The van der Waals surface area contributed by atoms with Gasteiger partial charge in [0, 0.05) is 0 Å². The molecule has 1 aromatic rings. The van der Waals surface area contributed by atoms with E-state index in [9.17, 15) is 10.1 Å². The number of nitrogens with two attached hydrogens (primary N) is 1. The van der Waals surface area contributed by atoms with Crippen molar-refractivity contribution in [2.24, 2.45) is 10.8 Å². The fourth-order valence-electron chi connectivity index (χ4n) is 0.574. The first-order chi connectivity index (χ1) is 6.59. The summed E-state index contributed by atoms with van der Waals surface area (Å²) in [5.41, 5.74) is 7.40. The quantitative estimate of drug-likeness (QED) is 0.333. The van der Waals surface area contributed by atoms with Gasteiger partial charge in [-0.1, -0.05) is 0 Å². The number of rotatable bonds is 3. The van der Waals surface area contributed by atoms with Gasteiger partial charge in [0.1, 0.15) is 11.2 Å². The third-order valence-corrected chi connectivity index (χ3v) is 2.02. The van der Waals surface area contributed by atoms with E-state index in [0.29, 0.717) is 5.01 Å². The molecule has 1 aromatic heterocycles. The van der Waals surface area contributed by atoms with Crippen molar-refractivity contribution in [3.8, 4) is 0 Å². The predicted molar refractivity (Wildman–Crippen MR) is 56.3 cm³/mol. The summed E-state index contributed by atoms with van der Waals surface area (Å²) in [6.45, 7) is 0. The van der Waals surface area contributed by atoms with Gasteiger partial charge >= 0.3 is 5.00 Å². The van der Waals surface area contributed by atoms with E-state index in [1.165, 1.54) is 6.21 Å². The first-order valence-electron chi connectivity index (χ1n) is 3.28. The second-order valence-corrected chi connectivity index (χ2v) is 3.51. The standard InChI is InChI=1S/C5H5N5O2S2/c6-5(13)9-8-1-3-7-2-4(14-3)10(11)12/h1-2H,(H3,6,9,13)/b8-1+. The number of nitrogens with one attached hydrogen (secondary N) is 1. The van der Waals surface area contributed by atoms with E-state index in [2.05, 4.69) is 27.7 Å². The predicted octanol–water partition coefficient (Wildman–Crippen LogP) is 0.218. The topological polar surface area (TPSA) is 106 Å². The Bertz CT molecular complexity index is 387. The van der Waals surface area contributed by atoms with Crippen LogP contribution in [-0.2, 0) is 0 Å². The summed E-state index contributed by atoms with van der Waals surface area (Å²) >= 11 is 5.39. The molecule has 74 valence electrons. The normalized spacial score (nSPS) is 10.3. The maximum Gasteiger partial charge on any atom is 0.344 e. The van der Waals surface area contributed by atoms with Crippen LogP contribution < -0.4 is 11.2 Å². The van der Waals surface area contributed by atoms with Gasteiger partial charge in [0.2, 0.25) is 0 Å². The number of hydrogen-bond donors (Lipinski definition) is 2. The van der Waals surface area contributed by atoms with Crippen molar-refractivity contribution in [3.05, 3.63) is 21.3 Å². The average molecular weight is 231 g/mol. The van der Waals surface area contributed by atoms with Crippen molar-refractivity contribution in [2.45, 2.75) is 0 Å². The molecule has 0 saturated heterocycles. The van der Waals surface area contributed by atoms with Gasteiger partial charge in [-0.2, -0.15) is 5.10 Å². The third-order valence-electron chi connectivity index (χ3n) is 1.04. The summed E-state index contributed by atoms with van der Waals surface area (Å²) in [5, 5.41) is 14.3. The first kappa shape index (κ1) is 10.5. The highest BCUT2D eigenvalue weighted by Gasteiger charge is 2.09. The summed E-state index contributed by atoms with van der Waals surface area (Å²) < 4.78 is 0. The Morgan fingerprint density at radius 1 is 1.93 bits per heavy atom. The van der Waals surface area contributed by atoms with Crippen molar-refractivity contribution >= 4 is 39.9 Å². The Hall–Kier alpha value is -1.61. The number of thiazole rings is 1. The molecule has 14 heavy (non-hydrogen) atoms. The first-order valence-corrected chi connectivity index (χ1v) is 4.51. The molecule has 0 fully saturated rings. The van der Waals surface area contributed by atoms with Crippen molar-refractivity contribution in [2.75, 3.05) is 0 Å². The molecule has 9 heteroatoms. The molecule has 3 N–H and O–H groups in total. The highest BCUT2D eigenvalue weighted by Crippen LogP contribution is 2.19. The molecule has 1 heterocycles. The SMILES string of the molecule is NC(=S)N/N=C/c1ncc([N+](=O)[O-])s1. The van der Waals surface area contributed by atoms with Crippen LogP contribution in [-0.4, -0.2) is 21.2 Å². The molecule has 1 rings (SSSR count). The Morgan fingerprint density at radius 3 is 3.14 bits per heavy atom. The van der Waals surface area contributed by atoms with Gasteiger partial charge in [-0.25, -0.2) is 4.98 Å². The minimum absolute atomic E-state index is 0.0207. The number of hydrogen-bond acceptors (Lipinski definition) is 6. The summed E-state index contributed by atoms with van der Waals surface area (Å²) in [4.78, 5) is 13.5. The Kier molecular flexibility index (Phi) is 3.42. The number of hydrazone groups is 1.